The molecule has 8 heteroatoms. The molecule has 166 valence electrons. The molecule has 0 saturated carbocycles. The van der Waals surface area contributed by atoms with E-state index >= 15 is 0 Å². The molecule has 1 amide bonds. The van der Waals surface area contributed by atoms with Crippen molar-refractivity contribution in [3.05, 3.63) is 93.2 Å². The van der Waals surface area contributed by atoms with Crippen molar-refractivity contribution in [3.63, 3.8) is 0 Å². The number of aryl methyl sites for hydroxylation is 1. The number of benzene rings is 2. The Bertz CT molecular complexity index is 1090. The van der Waals surface area contributed by atoms with E-state index in [4.69, 9.17) is 4.84 Å². The Morgan fingerprint density at radius 3 is 2.47 bits per heavy atom. The van der Waals surface area contributed by atoms with Gasteiger partial charge in [0.05, 0.1) is 22.7 Å². The summed E-state index contributed by atoms with van der Waals surface area (Å²) in [5, 5.41) is 6.01. The largest absolute Gasteiger partial charge is 0.416 e. The van der Waals surface area contributed by atoms with E-state index < -0.39 is 11.7 Å². The number of rotatable bonds is 6. The fraction of sp³-hybridized carbons (Fsp3) is 0.250. The first-order valence-electron chi connectivity index (χ1n) is 10.1. The van der Waals surface area contributed by atoms with Crippen molar-refractivity contribution in [2.24, 2.45) is 5.16 Å². The van der Waals surface area contributed by atoms with Gasteiger partial charge in [-0.1, -0.05) is 53.2 Å². The number of amides is 1. The van der Waals surface area contributed by atoms with Crippen LogP contribution in [0.15, 0.2) is 71.2 Å². The fourth-order valence-corrected chi connectivity index (χ4v) is 4.17. The summed E-state index contributed by atoms with van der Waals surface area (Å²) in [7, 11) is 0. The second-order valence-electron chi connectivity index (χ2n) is 7.69. The second kappa shape index (κ2) is 9.16. The molecule has 0 aliphatic carbocycles. The lowest BCUT2D eigenvalue weighted by Gasteiger charge is -2.24. The van der Waals surface area contributed by atoms with Gasteiger partial charge in [0, 0.05) is 13.0 Å². The van der Waals surface area contributed by atoms with Crippen molar-refractivity contribution < 1.29 is 22.8 Å². The summed E-state index contributed by atoms with van der Waals surface area (Å²) in [6, 6.07) is 16.4. The van der Waals surface area contributed by atoms with Gasteiger partial charge in [0.25, 0.3) is 5.91 Å². The van der Waals surface area contributed by atoms with Crippen LogP contribution in [-0.2, 0) is 17.6 Å². The first-order valence-corrected chi connectivity index (χ1v) is 11.0. The summed E-state index contributed by atoms with van der Waals surface area (Å²) in [4.78, 5) is 20.8. The van der Waals surface area contributed by atoms with Gasteiger partial charge in [-0.25, -0.2) is 0 Å². The molecule has 1 unspecified atom stereocenters. The smallest absolute Gasteiger partial charge is 0.390 e. The summed E-state index contributed by atoms with van der Waals surface area (Å²) in [5.74, 6) is -0.188. The van der Waals surface area contributed by atoms with Crippen LogP contribution in [0, 0.1) is 6.92 Å². The summed E-state index contributed by atoms with van der Waals surface area (Å²) in [6.07, 6.45) is -4.18. The van der Waals surface area contributed by atoms with Gasteiger partial charge in [-0.15, -0.1) is 11.3 Å². The third-order valence-electron chi connectivity index (χ3n) is 5.22. The van der Waals surface area contributed by atoms with Crippen molar-refractivity contribution in [2.75, 3.05) is 6.54 Å². The quantitative estimate of drug-likeness (QED) is 0.461. The molecule has 0 spiro atoms. The minimum atomic E-state index is -4.40. The summed E-state index contributed by atoms with van der Waals surface area (Å²) in [6.45, 7) is 2.46. The predicted octanol–water partition coefficient (Wildman–Crippen LogP) is 5.91. The van der Waals surface area contributed by atoms with Crippen LogP contribution in [0.1, 0.15) is 38.3 Å². The number of hydrogen-bond donors (Lipinski definition) is 0. The molecule has 0 fully saturated rings. The normalized spacial score (nSPS) is 15.9. The maximum Gasteiger partial charge on any atom is 0.416 e. The average molecular weight is 459 g/mol. The first kappa shape index (κ1) is 22.1. The van der Waals surface area contributed by atoms with Crippen molar-refractivity contribution in [1.29, 1.82) is 0 Å². The topological polar surface area (TPSA) is 41.9 Å². The van der Waals surface area contributed by atoms with Gasteiger partial charge in [-0.2, -0.15) is 13.2 Å². The number of thiophene rings is 1. The van der Waals surface area contributed by atoms with Gasteiger partial charge >= 0.3 is 6.18 Å². The van der Waals surface area contributed by atoms with Crippen LogP contribution in [0.2, 0.25) is 0 Å². The molecule has 2 heterocycles. The Kier molecular flexibility index (Phi) is 6.32. The summed E-state index contributed by atoms with van der Waals surface area (Å²) < 4.78 is 38.6. The zero-order chi connectivity index (χ0) is 22.7. The van der Waals surface area contributed by atoms with Gasteiger partial charge in [0.2, 0.25) is 0 Å². The SMILES string of the molecule is Cc1ccc(C2=NOC(CN(Cc3ccc(C(F)(F)F)cc3)C(=O)c3cccs3)C2)cc1. The van der Waals surface area contributed by atoms with Crippen LogP contribution < -0.4 is 0 Å². The molecule has 0 radical (unpaired) electrons. The van der Waals surface area contributed by atoms with Crippen LogP contribution in [0.5, 0.6) is 0 Å². The molecule has 1 aliphatic heterocycles. The Hall–Kier alpha value is -3.13. The van der Waals surface area contributed by atoms with E-state index in [1.165, 1.54) is 23.5 Å². The summed E-state index contributed by atoms with van der Waals surface area (Å²) in [5.41, 5.74) is 2.83. The number of oxime groups is 1. The lowest BCUT2D eigenvalue weighted by Crippen LogP contribution is -2.37. The molecule has 1 atom stereocenters. The highest BCUT2D eigenvalue weighted by molar-refractivity contribution is 7.12. The van der Waals surface area contributed by atoms with Crippen molar-refractivity contribution >= 4 is 23.0 Å². The first-order chi connectivity index (χ1) is 15.3. The zero-order valence-corrected chi connectivity index (χ0v) is 18.1. The van der Waals surface area contributed by atoms with E-state index in [0.29, 0.717) is 16.9 Å². The third-order valence-corrected chi connectivity index (χ3v) is 6.07. The maximum atomic E-state index is 13.1. The van der Waals surface area contributed by atoms with Gasteiger partial charge in [0.15, 0.2) is 6.10 Å². The van der Waals surface area contributed by atoms with Crippen LogP contribution in [0.25, 0.3) is 0 Å². The highest BCUT2D eigenvalue weighted by atomic mass is 32.1. The average Bonchev–Trinajstić information content (AvgIpc) is 3.46. The van der Waals surface area contributed by atoms with Crippen LogP contribution in [0.3, 0.4) is 0 Å². The lowest BCUT2D eigenvalue weighted by atomic mass is 10.0. The molecule has 2 aromatic carbocycles. The molecule has 0 N–H and O–H groups in total. The van der Waals surface area contributed by atoms with E-state index in [9.17, 15) is 18.0 Å². The standard InChI is InChI=1S/C24H21F3N2O2S/c1-16-4-8-18(9-5-16)21-13-20(31-28-21)15-29(23(30)22-3-2-12-32-22)14-17-6-10-19(11-7-17)24(25,26)27/h2-12,20H,13-15H2,1H3. The Morgan fingerprint density at radius 2 is 1.84 bits per heavy atom. The van der Waals surface area contributed by atoms with Gasteiger partial charge < -0.3 is 9.74 Å². The second-order valence-corrected chi connectivity index (χ2v) is 8.64. The van der Waals surface area contributed by atoms with Crippen molar-refractivity contribution in [2.45, 2.75) is 32.2 Å². The van der Waals surface area contributed by atoms with E-state index in [1.807, 2.05) is 36.6 Å². The van der Waals surface area contributed by atoms with Crippen LogP contribution in [0.4, 0.5) is 13.2 Å². The number of halogens is 3. The Morgan fingerprint density at radius 1 is 1.12 bits per heavy atom. The number of alkyl halides is 3. The van der Waals surface area contributed by atoms with Crippen LogP contribution in [-0.4, -0.2) is 29.2 Å². The molecular weight excluding hydrogens is 437 g/mol. The van der Waals surface area contributed by atoms with E-state index in [-0.39, 0.29) is 25.1 Å². The predicted molar refractivity (Wildman–Crippen MR) is 118 cm³/mol. The molecule has 0 saturated heterocycles. The van der Waals surface area contributed by atoms with Gasteiger partial charge in [0.1, 0.15) is 0 Å². The van der Waals surface area contributed by atoms with Gasteiger partial charge in [-0.3, -0.25) is 4.79 Å². The lowest BCUT2D eigenvalue weighted by molar-refractivity contribution is -0.137. The highest BCUT2D eigenvalue weighted by Crippen LogP contribution is 2.29. The highest BCUT2D eigenvalue weighted by Gasteiger charge is 2.31. The molecule has 4 nitrogen and oxygen atoms in total. The number of carbonyl (C=O) groups excluding carboxylic acids is 1. The minimum absolute atomic E-state index is 0.175. The fourth-order valence-electron chi connectivity index (χ4n) is 3.48. The number of nitrogens with zero attached hydrogens (tertiary/aromatic N) is 2. The number of hydrogen-bond acceptors (Lipinski definition) is 4. The molecule has 32 heavy (non-hydrogen) atoms. The molecule has 4 rings (SSSR count). The zero-order valence-electron chi connectivity index (χ0n) is 17.3. The monoisotopic (exact) mass is 458 g/mol. The summed E-state index contributed by atoms with van der Waals surface area (Å²) >= 11 is 1.32. The van der Waals surface area contributed by atoms with Crippen molar-refractivity contribution in [1.82, 2.24) is 4.90 Å². The third kappa shape index (κ3) is 5.19. The molecule has 1 aromatic heterocycles. The molecular formula is C24H21F3N2O2S. The maximum absolute atomic E-state index is 13.1. The van der Waals surface area contributed by atoms with E-state index in [1.54, 1.807) is 17.0 Å². The molecule has 1 aliphatic rings. The molecule has 0 bridgehead atoms. The van der Waals surface area contributed by atoms with Gasteiger partial charge in [-0.05, 0) is 41.6 Å². The Labute approximate surface area is 187 Å². The van der Waals surface area contributed by atoms with E-state index in [0.717, 1.165) is 29.0 Å². The van der Waals surface area contributed by atoms with Crippen molar-refractivity contribution in [3.8, 4) is 0 Å². The number of carbonyl (C=O) groups is 1. The minimum Gasteiger partial charge on any atom is -0.390 e. The Balaban J connectivity index is 1.48. The molecule has 3 aromatic rings. The van der Waals surface area contributed by atoms with E-state index in [2.05, 4.69) is 5.16 Å². The van der Waals surface area contributed by atoms with Crippen LogP contribution >= 0.6 is 11.3 Å².